The Labute approximate surface area is 89.9 Å². The lowest BCUT2D eigenvalue weighted by Crippen LogP contribution is -2.51. The second-order valence-electron chi connectivity index (χ2n) is 4.54. The van der Waals surface area contributed by atoms with E-state index in [-0.39, 0.29) is 5.91 Å². The van der Waals surface area contributed by atoms with E-state index in [0.29, 0.717) is 18.4 Å². The first kappa shape index (κ1) is 10.2. The van der Waals surface area contributed by atoms with Gasteiger partial charge < -0.3 is 4.90 Å². The van der Waals surface area contributed by atoms with Crippen molar-refractivity contribution >= 4 is 5.91 Å². The van der Waals surface area contributed by atoms with Crippen molar-refractivity contribution in [1.29, 1.82) is 0 Å². The van der Waals surface area contributed by atoms with Crippen LogP contribution >= 0.6 is 0 Å². The molecule has 0 aliphatic carbocycles. The molecule has 0 spiro atoms. The lowest BCUT2D eigenvalue weighted by molar-refractivity contribution is -0.137. The molecule has 1 fully saturated rings. The van der Waals surface area contributed by atoms with E-state index in [1.807, 2.05) is 21.8 Å². The maximum Gasteiger partial charge on any atom is 0.222 e. The first-order chi connectivity index (χ1) is 7.16. The van der Waals surface area contributed by atoms with Gasteiger partial charge >= 0.3 is 0 Å². The van der Waals surface area contributed by atoms with E-state index in [4.69, 9.17) is 0 Å². The lowest BCUT2D eigenvalue weighted by Gasteiger charge is -2.39. The normalized spacial score (nSPS) is 16.9. The largest absolute Gasteiger partial charge is 0.338 e. The first-order valence-corrected chi connectivity index (χ1v) is 5.43. The van der Waals surface area contributed by atoms with Crippen molar-refractivity contribution in [2.45, 2.75) is 26.3 Å². The molecule has 1 amide bonds. The van der Waals surface area contributed by atoms with Crippen LogP contribution < -0.4 is 0 Å². The maximum atomic E-state index is 11.6. The molecule has 15 heavy (non-hydrogen) atoms. The minimum atomic E-state index is 0.272. The third-order valence-electron chi connectivity index (χ3n) is 2.70. The Morgan fingerprint density at radius 3 is 2.80 bits per heavy atom. The third kappa shape index (κ3) is 2.19. The fourth-order valence-corrected chi connectivity index (χ4v) is 1.80. The summed E-state index contributed by atoms with van der Waals surface area (Å²) in [5, 5.41) is 4.17. The highest BCUT2D eigenvalue weighted by Crippen LogP contribution is 2.21. The van der Waals surface area contributed by atoms with E-state index >= 15 is 0 Å². The zero-order valence-electron chi connectivity index (χ0n) is 9.26. The van der Waals surface area contributed by atoms with Gasteiger partial charge in [0.15, 0.2) is 0 Å². The van der Waals surface area contributed by atoms with Crippen LogP contribution in [0.15, 0.2) is 18.5 Å². The van der Waals surface area contributed by atoms with Crippen molar-refractivity contribution in [1.82, 2.24) is 14.7 Å². The Balaban J connectivity index is 1.81. The smallest absolute Gasteiger partial charge is 0.222 e. The standard InChI is InChI=1S/C11H17N3O/c1-9(2)6-11(15)13-7-10(8-13)14-5-3-4-12-14/h3-5,9-10H,6-8H2,1-2H3. The van der Waals surface area contributed by atoms with E-state index in [1.54, 1.807) is 6.20 Å². The highest BCUT2D eigenvalue weighted by Gasteiger charge is 2.31. The van der Waals surface area contributed by atoms with Gasteiger partial charge in [0.25, 0.3) is 0 Å². The van der Waals surface area contributed by atoms with Crippen LogP contribution in [0.2, 0.25) is 0 Å². The van der Waals surface area contributed by atoms with Crippen LogP contribution in [0.4, 0.5) is 0 Å². The van der Waals surface area contributed by atoms with Crippen LogP contribution in [0, 0.1) is 5.92 Å². The van der Waals surface area contributed by atoms with Gasteiger partial charge in [0, 0.05) is 31.9 Å². The number of aromatic nitrogens is 2. The van der Waals surface area contributed by atoms with Gasteiger partial charge in [-0.3, -0.25) is 9.48 Å². The molecule has 1 aliphatic heterocycles. The zero-order valence-corrected chi connectivity index (χ0v) is 9.26. The number of hydrogen-bond acceptors (Lipinski definition) is 2. The Bertz CT molecular complexity index is 326. The summed E-state index contributed by atoms with van der Waals surface area (Å²) in [5.41, 5.74) is 0. The Morgan fingerprint density at radius 2 is 2.27 bits per heavy atom. The van der Waals surface area contributed by atoms with Gasteiger partial charge in [-0.25, -0.2) is 0 Å². The van der Waals surface area contributed by atoms with Gasteiger partial charge in [-0.1, -0.05) is 13.8 Å². The van der Waals surface area contributed by atoms with Gasteiger partial charge in [-0.05, 0) is 12.0 Å². The number of carbonyl (C=O) groups excluding carboxylic acids is 1. The Kier molecular flexibility index (Phi) is 2.75. The van der Waals surface area contributed by atoms with Crippen LogP contribution in [0.25, 0.3) is 0 Å². The van der Waals surface area contributed by atoms with Crippen LogP contribution in [0.5, 0.6) is 0 Å². The summed E-state index contributed by atoms with van der Waals surface area (Å²) in [6.07, 6.45) is 4.39. The molecule has 1 aromatic heterocycles. The molecular formula is C11H17N3O. The molecule has 4 heteroatoms. The second kappa shape index (κ2) is 4.04. The molecule has 0 atom stereocenters. The topological polar surface area (TPSA) is 38.1 Å². The summed E-state index contributed by atoms with van der Waals surface area (Å²) >= 11 is 0. The van der Waals surface area contributed by atoms with Crippen LogP contribution in [-0.4, -0.2) is 33.7 Å². The van der Waals surface area contributed by atoms with E-state index in [2.05, 4.69) is 18.9 Å². The van der Waals surface area contributed by atoms with Crippen molar-refractivity contribution in [3.63, 3.8) is 0 Å². The average Bonchev–Trinajstić information content (AvgIpc) is 2.52. The predicted molar refractivity (Wildman–Crippen MR) is 57.3 cm³/mol. The van der Waals surface area contributed by atoms with Crippen molar-refractivity contribution in [3.05, 3.63) is 18.5 Å². The third-order valence-corrected chi connectivity index (χ3v) is 2.70. The van der Waals surface area contributed by atoms with Crippen molar-refractivity contribution in [2.24, 2.45) is 5.92 Å². The van der Waals surface area contributed by atoms with Crippen LogP contribution in [-0.2, 0) is 4.79 Å². The van der Waals surface area contributed by atoms with Gasteiger partial charge in [0.1, 0.15) is 0 Å². The summed E-state index contributed by atoms with van der Waals surface area (Å²) in [4.78, 5) is 13.6. The van der Waals surface area contributed by atoms with Gasteiger partial charge in [0.05, 0.1) is 6.04 Å². The molecule has 1 saturated heterocycles. The number of likely N-dealkylation sites (tertiary alicyclic amines) is 1. The zero-order chi connectivity index (χ0) is 10.8. The molecule has 0 saturated carbocycles. The summed E-state index contributed by atoms with van der Waals surface area (Å²) in [6.45, 7) is 5.77. The molecular weight excluding hydrogens is 190 g/mol. The average molecular weight is 207 g/mol. The number of amides is 1. The fraction of sp³-hybridized carbons (Fsp3) is 0.636. The van der Waals surface area contributed by atoms with E-state index in [1.165, 1.54) is 0 Å². The molecule has 1 aliphatic rings. The molecule has 0 unspecified atom stereocenters. The molecule has 2 rings (SSSR count). The molecule has 1 aromatic rings. The minimum Gasteiger partial charge on any atom is -0.338 e. The second-order valence-corrected chi connectivity index (χ2v) is 4.54. The maximum absolute atomic E-state index is 11.6. The summed E-state index contributed by atoms with van der Waals surface area (Å²) in [6, 6.07) is 2.30. The highest BCUT2D eigenvalue weighted by molar-refractivity contribution is 5.77. The first-order valence-electron chi connectivity index (χ1n) is 5.43. The van der Waals surface area contributed by atoms with Crippen molar-refractivity contribution < 1.29 is 4.79 Å². The van der Waals surface area contributed by atoms with Gasteiger partial charge in [-0.15, -0.1) is 0 Å². The molecule has 0 radical (unpaired) electrons. The van der Waals surface area contributed by atoms with Gasteiger partial charge in [0.2, 0.25) is 5.91 Å². The van der Waals surface area contributed by atoms with Crippen LogP contribution in [0.3, 0.4) is 0 Å². The fourth-order valence-electron chi connectivity index (χ4n) is 1.80. The number of carbonyl (C=O) groups is 1. The number of rotatable bonds is 3. The molecule has 0 aromatic carbocycles. The minimum absolute atomic E-state index is 0.272. The number of hydrogen-bond donors (Lipinski definition) is 0. The van der Waals surface area contributed by atoms with E-state index in [0.717, 1.165) is 13.1 Å². The molecule has 0 bridgehead atoms. The van der Waals surface area contributed by atoms with Crippen molar-refractivity contribution in [2.75, 3.05) is 13.1 Å². The lowest BCUT2D eigenvalue weighted by atomic mass is 10.1. The Morgan fingerprint density at radius 1 is 1.53 bits per heavy atom. The summed E-state index contributed by atoms with van der Waals surface area (Å²) in [7, 11) is 0. The molecule has 2 heterocycles. The summed E-state index contributed by atoms with van der Waals surface area (Å²) < 4.78 is 1.93. The summed E-state index contributed by atoms with van der Waals surface area (Å²) in [5.74, 6) is 0.717. The van der Waals surface area contributed by atoms with Crippen molar-refractivity contribution in [3.8, 4) is 0 Å². The van der Waals surface area contributed by atoms with E-state index in [9.17, 15) is 4.79 Å². The quantitative estimate of drug-likeness (QED) is 0.749. The van der Waals surface area contributed by atoms with E-state index < -0.39 is 0 Å². The van der Waals surface area contributed by atoms with Crippen LogP contribution in [0.1, 0.15) is 26.3 Å². The highest BCUT2D eigenvalue weighted by atomic mass is 16.2. The molecule has 0 N–H and O–H groups in total. The molecule has 4 nitrogen and oxygen atoms in total. The SMILES string of the molecule is CC(C)CC(=O)N1CC(n2cccn2)C1. The predicted octanol–water partition coefficient (Wildman–Crippen LogP) is 1.31. The monoisotopic (exact) mass is 207 g/mol. The molecule has 82 valence electrons. The Hall–Kier alpha value is -1.32. The number of nitrogens with zero attached hydrogens (tertiary/aromatic N) is 3. The van der Waals surface area contributed by atoms with Gasteiger partial charge in [-0.2, -0.15) is 5.10 Å².